The van der Waals surface area contributed by atoms with Gasteiger partial charge in [0.2, 0.25) is 0 Å². The summed E-state index contributed by atoms with van der Waals surface area (Å²) in [5.41, 5.74) is 0.683. The second-order valence-electron chi connectivity index (χ2n) is 4.60. The van der Waals surface area contributed by atoms with Crippen molar-refractivity contribution in [2.45, 2.75) is 44.6 Å². The predicted octanol–water partition coefficient (Wildman–Crippen LogP) is 2.36. The van der Waals surface area contributed by atoms with E-state index in [1.807, 2.05) is 0 Å². The quantitative estimate of drug-likeness (QED) is 0.517. The summed E-state index contributed by atoms with van der Waals surface area (Å²) >= 11 is 0. The first kappa shape index (κ1) is 6.47. The average Bonchev–Trinajstić information content (AvgIpc) is 2.47. The maximum Gasteiger partial charge on any atom is 0.0609 e. The van der Waals surface area contributed by atoms with Crippen molar-refractivity contribution < 1.29 is 4.74 Å². The number of rotatable bonds is 0. The van der Waals surface area contributed by atoms with Gasteiger partial charge in [-0.2, -0.15) is 0 Å². The molecule has 0 spiro atoms. The lowest BCUT2D eigenvalue weighted by Gasteiger charge is -2.33. The van der Waals surface area contributed by atoms with Crippen molar-refractivity contribution in [3.8, 4) is 0 Å². The molecular formula is C10H16O. The average molecular weight is 152 g/mol. The van der Waals surface area contributed by atoms with Crippen molar-refractivity contribution in [1.29, 1.82) is 0 Å². The Morgan fingerprint density at radius 1 is 1.09 bits per heavy atom. The fourth-order valence-electron chi connectivity index (χ4n) is 3.64. The maximum atomic E-state index is 5.83. The van der Waals surface area contributed by atoms with E-state index in [1.165, 1.54) is 38.5 Å². The standard InChI is InChI=1S/C10H16O/c1-3-8-9-4-2-6-10(8,5-1)7-11-9/h8-9H,1-7H2/t8-,9-,10-/m0/s1. The molecule has 3 fully saturated rings. The molecule has 3 atom stereocenters. The van der Waals surface area contributed by atoms with Gasteiger partial charge in [0.05, 0.1) is 12.7 Å². The van der Waals surface area contributed by atoms with Gasteiger partial charge >= 0.3 is 0 Å². The molecule has 0 amide bonds. The van der Waals surface area contributed by atoms with E-state index in [0.29, 0.717) is 11.5 Å². The molecule has 0 aromatic carbocycles. The Morgan fingerprint density at radius 2 is 1.91 bits per heavy atom. The molecule has 0 unspecified atom stereocenters. The molecule has 2 saturated carbocycles. The Hall–Kier alpha value is -0.0400. The lowest BCUT2D eigenvalue weighted by molar-refractivity contribution is 0.0811. The molecule has 0 radical (unpaired) electrons. The molecule has 3 aliphatic rings. The second-order valence-corrected chi connectivity index (χ2v) is 4.60. The van der Waals surface area contributed by atoms with Gasteiger partial charge in [0, 0.05) is 0 Å². The molecule has 1 heterocycles. The zero-order chi connectivity index (χ0) is 7.31. The van der Waals surface area contributed by atoms with Crippen LogP contribution in [-0.2, 0) is 4.74 Å². The van der Waals surface area contributed by atoms with Crippen LogP contribution in [0.25, 0.3) is 0 Å². The Bertz CT molecular complexity index is 174. The molecule has 3 rings (SSSR count). The summed E-state index contributed by atoms with van der Waals surface area (Å²) in [4.78, 5) is 0. The van der Waals surface area contributed by atoms with Crippen LogP contribution in [0, 0.1) is 11.3 Å². The van der Waals surface area contributed by atoms with Crippen molar-refractivity contribution in [2.24, 2.45) is 11.3 Å². The van der Waals surface area contributed by atoms with E-state index in [9.17, 15) is 0 Å². The SMILES string of the molecule is C1C[C@@H]2OC[C@@]3(C1)CCC[C@@H]23. The fraction of sp³-hybridized carbons (Fsp3) is 1.00. The summed E-state index contributed by atoms with van der Waals surface area (Å²) in [7, 11) is 0. The van der Waals surface area contributed by atoms with E-state index in [0.717, 1.165) is 12.5 Å². The highest BCUT2D eigenvalue weighted by atomic mass is 16.5. The Labute approximate surface area is 68.1 Å². The van der Waals surface area contributed by atoms with Crippen molar-refractivity contribution in [3.05, 3.63) is 0 Å². The summed E-state index contributed by atoms with van der Waals surface area (Å²) in [6.45, 7) is 1.10. The van der Waals surface area contributed by atoms with Crippen molar-refractivity contribution >= 4 is 0 Å². The molecule has 0 aromatic heterocycles. The molecule has 2 bridgehead atoms. The molecule has 1 aliphatic heterocycles. The van der Waals surface area contributed by atoms with Crippen LogP contribution in [-0.4, -0.2) is 12.7 Å². The van der Waals surface area contributed by atoms with E-state index in [2.05, 4.69) is 0 Å². The van der Waals surface area contributed by atoms with E-state index in [1.54, 1.807) is 0 Å². The monoisotopic (exact) mass is 152 g/mol. The lowest BCUT2D eigenvalue weighted by atomic mass is 9.70. The highest BCUT2D eigenvalue weighted by molar-refractivity contribution is 5.02. The van der Waals surface area contributed by atoms with Crippen molar-refractivity contribution in [1.82, 2.24) is 0 Å². The highest BCUT2D eigenvalue weighted by Crippen LogP contribution is 2.57. The van der Waals surface area contributed by atoms with Gasteiger partial charge in [-0.3, -0.25) is 0 Å². The molecule has 2 aliphatic carbocycles. The number of ether oxygens (including phenoxy) is 1. The lowest BCUT2D eigenvalue weighted by Crippen LogP contribution is -2.31. The number of hydrogen-bond acceptors (Lipinski definition) is 1. The molecule has 0 aromatic rings. The highest BCUT2D eigenvalue weighted by Gasteiger charge is 2.53. The minimum absolute atomic E-state index is 0.672. The van der Waals surface area contributed by atoms with E-state index in [-0.39, 0.29) is 0 Å². The van der Waals surface area contributed by atoms with Gasteiger partial charge in [-0.15, -0.1) is 0 Å². The predicted molar refractivity (Wildman–Crippen MR) is 43.4 cm³/mol. The molecule has 1 nitrogen and oxygen atoms in total. The summed E-state index contributed by atoms with van der Waals surface area (Å²) < 4.78 is 5.83. The van der Waals surface area contributed by atoms with Gasteiger partial charge in [-0.05, 0) is 37.0 Å². The third-order valence-electron chi connectivity index (χ3n) is 4.17. The van der Waals surface area contributed by atoms with Crippen LogP contribution >= 0.6 is 0 Å². The minimum Gasteiger partial charge on any atom is -0.377 e. The smallest absolute Gasteiger partial charge is 0.0609 e. The zero-order valence-electron chi connectivity index (χ0n) is 7.01. The van der Waals surface area contributed by atoms with E-state index in [4.69, 9.17) is 4.74 Å². The normalized spacial score (nSPS) is 54.5. The van der Waals surface area contributed by atoms with Gasteiger partial charge < -0.3 is 4.74 Å². The first-order valence-electron chi connectivity index (χ1n) is 5.02. The van der Waals surface area contributed by atoms with Crippen LogP contribution in [0.2, 0.25) is 0 Å². The van der Waals surface area contributed by atoms with Crippen LogP contribution in [0.4, 0.5) is 0 Å². The largest absolute Gasteiger partial charge is 0.377 e. The minimum atomic E-state index is 0.672. The number of hydrogen-bond donors (Lipinski definition) is 0. The van der Waals surface area contributed by atoms with Gasteiger partial charge in [0.25, 0.3) is 0 Å². The summed E-state index contributed by atoms with van der Waals surface area (Å²) in [5.74, 6) is 0.969. The molecule has 1 saturated heterocycles. The topological polar surface area (TPSA) is 9.23 Å². The van der Waals surface area contributed by atoms with Gasteiger partial charge in [-0.1, -0.05) is 12.8 Å². The first-order chi connectivity index (χ1) is 5.41. The maximum absolute atomic E-state index is 5.83. The third kappa shape index (κ3) is 0.703. The van der Waals surface area contributed by atoms with Gasteiger partial charge in [0.15, 0.2) is 0 Å². The Balaban J connectivity index is 1.97. The van der Waals surface area contributed by atoms with Crippen LogP contribution in [0.5, 0.6) is 0 Å². The van der Waals surface area contributed by atoms with Crippen LogP contribution in [0.1, 0.15) is 38.5 Å². The molecule has 11 heavy (non-hydrogen) atoms. The van der Waals surface area contributed by atoms with E-state index < -0.39 is 0 Å². The van der Waals surface area contributed by atoms with E-state index >= 15 is 0 Å². The zero-order valence-corrected chi connectivity index (χ0v) is 7.01. The summed E-state index contributed by atoms with van der Waals surface area (Å²) in [6, 6.07) is 0. The Morgan fingerprint density at radius 3 is 2.73 bits per heavy atom. The van der Waals surface area contributed by atoms with Crippen LogP contribution < -0.4 is 0 Å². The van der Waals surface area contributed by atoms with Crippen LogP contribution in [0.15, 0.2) is 0 Å². The van der Waals surface area contributed by atoms with Crippen LogP contribution in [0.3, 0.4) is 0 Å². The van der Waals surface area contributed by atoms with Crippen molar-refractivity contribution in [2.75, 3.05) is 6.61 Å². The summed E-state index contributed by atoms with van der Waals surface area (Å²) in [6.07, 6.45) is 9.33. The fourth-order valence-corrected chi connectivity index (χ4v) is 3.64. The first-order valence-corrected chi connectivity index (χ1v) is 5.02. The molecule has 1 heteroatoms. The third-order valence-corrected chi connectivity index (χ3v) is 4.17. The Kier molecular flexibility index (Phi) is 1.18. The van der Waals surface area contributed by atoms with Gasteiger partial charge in [-0.25, -0.2) is 0 Å². The summed E-state index contributed by atoms with van der Waals surface area (Å²) in [5, 5.41) is 0. The molecule has 62 valence electrons. The van der Waals surface area contributed by atoms with Gasteiger partial charge in [0.1, 0.15) is 0 Å². The molecule has 0 N–H and O–H groups in total. The molecular weight excluding hydrogens is 136 g/mol. The van der Waals surface area contributed by atoms with Crippen molar-refractivity contribution in [3.63, 3.8) is 0 Å². The second kappa shape index (κ2) is 2.01.